The average Bonchev–Trinajstić information content (AvgIpc) is 3.14. The minimum Gasteiger partial charge on any atom is -0.353 e. The normalized spacial score (nSPS) is 10.7. The van der Waals surface area contributed by atoms with Gasteiger partial charge in [-0.15, -0.1) is 0 Å². The van der Waals surface area contributed by atoms with Crippen LogP contribution in [0.2, 0.25) is 5.02 Å². The molecule has 144 valence electrons. The Morgan fingerprint density at radius 1 is 0.862 bits per heavy atom. The molecule has 0 aliphatic rings. The van der Waals surface area contributed by atoms with Crippen molar-refractivity contribution < 1.29 is 4.39 Å². The van der Waals surface area contributed by atoms with Crippen molar-refractivity contribution in [3.63, 3.8) is 0 Å². The number of hydrogen-bond acceptors (Lipinski definition) is 1. The van der Waals surface area contributed by atoms with Gasteiger partial charge in [-0.3, -0.25) is 4.98 Å². The Hall–Kier alpha value is -2.69. The van der Waals surface area contributed by atoms with E-state index in [1.54, 1.807) is 12.1 Å². The van der Waals surface area contributed by atoms with Crippen LogP contribution in [0.25, 0.3) is 33.1 Å². The monoisotopic (exact) mass is 466 g/mol. The molecular weight excluding hydrogens is 451 g/mol. The van der Waals surface area contributed by atoms with Crippen LogP contribution in [0.3, 0.4) is 0 Å². The average molecular weight is 468 g/mol. The Morgan fingerprint density at radius 3 is 2.34 bits per heavy atom. The SMILES string of the molecule is Clc1ccccc1-c1nccc2c1[nH]c1ccccc12.Fc1ccc(CBr)cc1. The maximum Gasteiger partial charge on any atom is 0.123 e. The molecule has 0 amide bonds. The Labute approximate surface area is 181 Å². The lowest BCUT2D eigenvalue weighted by Gasteiger charge is -2.04. The first-order valence-corrected chi connectivity index (χ1v) is 10.6. The molecule has 3 aromatic carbocycles. The van der Waals surface area contributed by atoms with E-state index in [-0.39, 0.29) is 5.82 Å². The van der Waals surface area contributed by atoms with Crippen molar-refractivity contribution in [1.82, 2.24) is 9.97 Å². The summed E-state index contributed by atoms with van der Waals surface area (Å²) in [6.45, 7) is 0. The number of nitrogens with one attached hydrogen (secondary N) is 1. The van der Waals surface area contributed by atoms with Crippen LogP contribution < -0.4 is 0 Å². The number of benzene rings is 3. The van der Waals surface area contributed by atoms with Crippen molar-refractivity contribution >= 4 is 49.3 Å². The van der Waals surface area contributed by atoms with Gasteiger partial charge < -0.3 is 4.98 Å². The number of aromatic amines is 1. The fraction of sp³-hybridized carbons (Fsp3) is 0.0417. The van der Waals surface area contributed by atoms with Crippen LogP contribution in [0.5, 0.6) is 0 Å². The minimum absolute atomic E-state index is 0.181. The first kappa shape index (κ1) is 19.6. The molecule has 0 unspecified atom stereocenters. The second kappa shape index (κ2) is 8.76. The molecule has 2 aromatic heterocycles. The van der Waals surface area contributed by atoms with Crippen LogP contribution >= 0.6 is 27.5 Å². The zero-order valence-electron chi connectivity index (χ0n) is 15.4. The van der Waals surface area contributed by atoms with Gasteiger partial charge in [0.25, 0.3) is 0 Å². The summed E-state index contributed by atoms with van der Waals surface area (Å²) in [5, 5.41) is 3.88. The molecule has 0 radical (unpaired) electrons. The van der Waals surface area contributed by atoms with Crippen molar-refractivity contribution in [3.8, 4) is 11.3 Å². The molecule has 2 heterocycles. The number of aromatic nitrogens is 2. The summed E-state index contributed by atoms with van der Waals surface area (Å²) in [6, 6.07) is 24.5. The molecule has 0 aliphatic heterocycles. The van der Waals surface area contributed by atoms with Gasteiger partial charge in [0.05, 0.1) is 16.2 Å². The van der Waals surface area contributed by atoms with Crippen LogP contribution in [-0.4, -0.2) is 9.97 Å². The highest BCUT2D eigenvalue weighted by molar-refractivity contribution is 9.08. The first-order valence-electron chi connectivity index (χ1n) is 9.08. The second-order valence-corrected chi connectivity index (χ2v) is 7.46. The summed E-state index contributed by atoms with van der Waals surface area (Å²) in [5.41, 5.74) is 5.08. The molecule has 0 saturated carbocycles. The van der Waals surface area contributed by atoms with Crippen LogP contribution in [-0.2, 0) is 5.33 Å². The van der Waals surface area contributed by atoms with Gasteiger partial charge in [0.1, 0.15) is 5.82 Å². The third-order valence-corrected chi connectivity index (χ3v) is 5.60. The molecule has 0 bridgehead atoms. The van der Waals surface area contributed by atoms with Crippen LogP contribution in [0, 0.1) is 5.82 Å². The lowest BCUT2D eigenvalue weighted by atomic mass is 10.1. The summed E-state index contributed by atoms with van der Waals surface area (Å²) in [5.74, 6) is -0.181. The molecule has 5 rings (SSSR count). The smallest absolute Gasteiger partial charge is 0.123 e. The van der Waals surface area contributed by atoms with Crippen molar-refractivity contribution in [1.29, 1.82) is 0 Å². The van der Waals surface area contributed by atoms with Gasteiger partial charge in [0, 0.05) is 33.4 Å². The molecule has 0 saturated heterocycles. The predicted octanol–water partition coefficient (Wildman–Crippen LogP) is 7.76. The van der Waals surface area contributed by atoms with Gasteiger partial charge in [-0.25, -0.2) is 4.39 Å². The van der Waals surface area contributed by atoms with E-state index < -0.39 is 0 Å². The zero-order chi connectivity index (χ0) is 20.2. The number of para-hydroxylation sites is 1. The molecule has 29 heavy (non-hydrogen) atoms. The zero-order valence-corrected chi connectivity index (χ0v) is 17.7. The number of hydrogen-bond donors (Lipinski definition) is 1. The number of nitrogens with zero attached hydrogens (tertiary/aromatic N) is 1. The third kappa shape index (κ3) is 4.19. The predicted molar refractivity (Wildman–Crippen MR) is 123 cm³/mol. The van der Waals surface area contributed by atoms with Gasteiger partial charge >= 0.3 is 0 Å². The summed E-state index contributed by atoms with van der Waals surface area (Å²) in [4.78, 5) is 7.97. The lowest BCUT2D eigenvalue weighted by Crippen LogP contribution is -1.86. The molecule has 0 aliphatic carbocycles. The fourth-order valence-electron chi connectivity index (χ4n) is 3.21. The van der Waals surface area contributed by atoms with E-state index >= 15 is 0 Å². The van der Waals surface area contributed by atoms with Gasteiger partial charge in [-0.1, -0.05) is 76.1 Å². The van der Waals surface area contributed by atoms with Crippen LogP contribution in [0.4, 0.5) is 4.39 Å². The van der Waals surface area contributed by atoms with Crippen LogP contribution in [0.1, 0.15) is 5.56 Å². The standard InChI is InChI=1S/C17H11ClN2.C7H6BrF/c18-14-7-3-1-6-13(14)16-17-12(9-10-19-16)11-5-2-4-8-15(11)20-17;8-5-6-1-3-7(9)4-2-6/h1-10,20H;1-4H,5H2. The van der Waals surface area contributed by atoms with E-state index in [4.69, 9.17) is 11.6 Å². The summed E-state index contributed by atoms with van der Waals surface area (Å²) >= 11 is 9.56. The molecule has 5 heteroatoms. The van der Waals surface area contributed by atoms with Gasteiger partial charge in [0.15, 0.2) is 0 Å². The number of pyridine rings is 1. The van der Waals surface area contributed by atoms with Crippen molar-refractivity contribution in [2.75, 3.05) is 0 Å². The quantitative estimate of drug-likeness (QED) is 0.264. The number of H-pyrrole nitrogens is 1. The first-order chi connectivity index (χ1) is 14.2. The molecule has 0 atom stereocenters. The lowest BCUT2D eigenvalue weighted by molar-refractivity contribution is 0.627. The summed E-state index contributed by atoms with van der Waals surface area (Å²) < 4.78 is 12.2. The van der Waals surface area contributed by atoms with E-state index in [1.807, 2.05) is 48.7 Å². The second-order valence-electron chi connectivity index (χ2n) is 6.49. The number of halogens is 3. The molecule has 0 spiro atoms. The maximum atomic E-state index is 12.2. The number of rotatable bonds is 2. The van der Waals surface area contributed by atoms with E-state index in [2.05, 4.69) is 38.0 Å². The highest BCUT2D eigenvalue weighted by Gasteiger charge is 2.12. The highest BCUT2D eigenvalue weighted by atomic mass is 79.9. The molecule has 0 fully saturated rings. The molecule has 1 N–H and O–H groups in total. The summed E-state index contributed by atoms with van der Waals surface area (Å²) in [6.07, 6.45) is 1.83. The molecular formula is C24H17BrClFN2. The Balaban J connectivity index is 0.000000192. The van der Waals surface area contributed by atoms with E-state index in [9.17, 15) is 4.39 Å². The van der Waals surface area contributed by atoms with Gasteiger partial charge in [-0.05, 0) is 35.9 Å². The van der Waals surface area contributed by atoms with Crippen molar-refractivity contribution in [2.24, 2.45) is 0 Å². The van der Waals surface area contributed by atoms with Crippen molar-refractivity contribution in [2.45, 2.75) is 5.33 Å². The number of alkyl halides is 1. The van der Waals surface area contributed by atoms with E-state index in [0.717, 1.165) is 33.2 Å². The van der Waals surface area contributed by atoms with Crippen LogP contribution in [0.15, 0.2) is 85.1 Å². The third-order valence-electron chi connectivity index (χ3n) is 4.62. The molecule has 2 nitrogen and oxygen atoms in total. The van der Waals surface area contributed by atoms with Gasteiger partial charge in [-0.2, -0.15) is 0 Å². The highest BCUT2D eigenvalue weighted by Crippen LogP contribution is 2.34. The van der Waals surface area contributed by atoms with E-state index in [0.29, 0.717) is 5.02 Å². The Kier molecular flexibility index (Phi) is 5.93. The fourth-order valence-corrected chi connectivity index (χ4v) is 3.80. The topological polar surface area (TPSA) is 28.7 Å². The van der Waals surface area contributed by atoms with E-state index in [1.165, 1.54) is 22.9 Å². The number of fused-ring (bicyclic) bond motifs is 3. The largest absolute Gasteiger partial charge is 0.353 e. The molecule has 5 aromatic rings. The summed E-state index contributed by atoms with van der Waals surface area (Å²) in [7, 11) is 0. The van der Waals surface area contributed by atoms with Crippen molar-refractivity contribution in [3.05, 3.63) is 101 Å². The maximum absolute atomic E-state index is 12.2. The Morgan fingerprint density at radius 2 is 1.59 bits per heavy atom. The van der Waals surface area contributed by atoms with Gasteiger partial charge in [0.2, 0.25) is 0 Å². The Bertz CT molecular complexity index is 1270. The minimum atomic E-state index is -0.181.